The number of hydrogen-bond donors (Lipinski definition) is 2. The molecule has 3 rings (SSSR count). The van der Waals surface area contributed by atoms with E-state index in [-0.39, 0.29) is 11.7 Å². The molecule has 0 radical (unpaired) electrons. The molecule has 0 saturated carbocycles. The molecule has 0 aliphatic carbocycles. The monoisotopic (exact) mass is 355 g/mol. The smallest absolute Gasteiger partial charge is 0.244 e. The van der Waals surface area contributed by atoms with E-state index in [0.717, 1.165) is 18.8 Å². The Kier molecular flexibility index (Phi) is 6.14. The van der Waals surface area contributed by atoms with Crippen molar-refractivity contribution in [3.05, 3.63) is 54.0 Å². The number of anilines is 2. The summed E-state index contributed by atoms with van der Waals surface area (Å²) in [5, 5.41) is 14.0. The molecule has 2 aromatic rings. The average molecular weight is 355 g/mol. The minimum absolute atomic E-state index is 0.271. The molecule has 26 heavy (non-hydrogen) atoms. The fourth-order valence-electron chi connectivity index (χ4n) is 2.80. The maximum absolute atomic E-state index is 13.5. The molecule has 1 fully saturated rings. The van der Waals surface area contributed by atoms with Crippen LogP contribution in [0.3, 0.4) is 0 Å². The molecule has 1 amide bonds. The number of aromatic nitrogens is 2. The van der Waals surface area contributed by atoms with Crippen molar-refractivity contribution in [3.8, 4) is 0 Å². The SMILES string of the molecule is O=C(/C=C/c1ccccc1F)NCCNc1cc(N2CCCC2)cnn1. The van der Waals surface area contributed by atoms with Crippen LogP contribution in [0, 0.1) is 5.82 Å². The Hall–Kier alpha value is -2.96. The zero-order chi connectivity index (χ0) is 18.2. The highest BCUT2D eigenvalue weighted by molar-refractivity contribution is 5.91. The van der Waals surface area contributed by atoms with E-state index in [1.54, 1.807) is 24.4 Å². The molecule has 0 unspecified atom stereocenters. The molecule has 1 aromatic heterocycles. The van der Waals surface area contributed by atoms with Gasteiger partial charge in [-0.2, -0.15) is 5.10 Å². The van der Waals surface area contributed by atoms with Crippen molar-refractivity contribution in [2.75, 3.05) is 36.4 Å². The number of nitrogens with zero attached hydrogens (tertiary/aromatic N) is 3. The Morgan fingerprint density at radius 1 is 1.23 bits per heavy atom. The molecule has 6 nitrogen and oxygen atoms in total. The van der Waals surface area contributed by atoms with Crippen LogP contribution in [-0.2, 0) is 4.79 Å². The highest BCUT2D eigenvalue weighted by atomic mass is 19.1. The van der Waals surface area contributed by atoms with Gasteiger partial charge in [-0.05, 0) is 25.0 Å². The van der Waals surface area contributed by atoms with Gasteiger partial charge in [0.25, 0.3) is 0 Å². The van der Waals surface area contributed by atoms with Crippen molar-refractivity contribution in [1.82, 2.24) is 15.5 Å². The molecule has 2 heterocycles. The fourth-order valence-corrected chi connectivity index (χ4v) is 2.80. The van der Waals surface area contributed by atoms with E-state index in [0.29, 0.717) is 24.5 Å². The van der Waals surface area contributed by atoms with Gasteiger partial charge < -0.3 is 15.5 Å². The van der Waals surface area contributed by atoms with Crippen LogP contribution in [-0.4, -0.2) is 42.3 Å². The standard InChI is InChI=1S/C19H22FN5O/c20-17-6-2-1-5-15(17)7-8-19(26)22-10-9-21-18-13-16(14-23-24-18)25-11-3-4-12-25/h1-2,5-8,13-14H,3-4,9-12H2,(H,21,24)(H,22,26)/b8-7+. The van der Waals surface area contributed by atoms with Crippen molar-refractivity contribution in [3.63, 3.8) is 0 Å². The van der Waals surface area contributed by atoms with Crippen molar-refractivity contribution >= 4 is 23.5 Å². The van der Waals surface area contributed by atoms with Crippen LogP contribution in [0.15, 0.2) is 42.6 Å². The van der Waals surface area contributed by atoms with Crippen LogP contribution in [0.5, 0.6) is 0 Å². The first-order valence-electron chi connectivity index (χ1n) is 8.74. The quantitative estimate of drug-likeness (QED) is 0.590. The van der Waals surface area contributed by atoms with Gasteiger partial charge in [0, 0.05) is 43.9 Å². The summed E-state index contributed by atoms with van der Waals surface area (Å²) in [7, 11) is 0. The second-order valence-corrected chi connectivity index (χ2v) is 6.07. The number of rotatable bonds is 7. The minimum atomic E-state index is -0.352. The molecule has 0 bridgehead atoms. The number of hydrogen-bond acceptors (Lipinski definition) is 5. The third-order valence-electron chi connectivity index (χ3n) is 4.16. The second kappa shape index (κ2) is 8.94. The maximum Gasteiger partial charge on any atom is 0.244 e. The fraction of sp³-hybridized carbons (Fsp3) is 0.316. The Labute approximate surface area is 152 Å². The summed E-state index contributed by atoms with van der Waals surface area (Å²) < 4.78 is 13.5. The van der Waals surface area contributed by atoms with Crippen molar-refractivity contribution in [2.45, 2.75) is 12.8 Å². The van der Waals surface area contributed by atoms with Crippen LogP contribution in [0.1, 0.15) is 18.4 Å². The zero-order valence-corrected chi connectivity index (χ0v) is 14.5. The highest BCUT2D eigenvalue weighted by Crippen LogP contribution is 2.20. The normalized spacial score (nSPS) is 14.0. The Bertz CT molecular complexity index is 774. The van der Waals surface area contributed by atoms with Crippen molar-refractivity contribution in [2.24, 2.45) is 0 Å². The third-order valence-corrected chi connectivity index (χ3v) is 4.16. The van der Waals surface area contributed by atoms with Gasteiger partial charge >= 0.3 is 0 Å². The number of halogens is 1. The van der Waals surface area contributed by atoms with Crippen LogP contribution in [0.4, 0.5) is 15.9 Å². The second-order valence-electron chi connectivity index (χ2n) is 6.07. The van der Waals surface area contributed by atoms with E-state index in [1.165, 1.54) is 31.1 Å². The van der Waals surface area contributed by atoms with Gasteiger partial charge in [-0.25, -0.2) is 4.39 Å². The van der Waals surface area contributed by atoms with Crippen LogP contribution < -0.4 is 15.5 Å². The molecule has 1 aliphatic rings. The van der Waals surface area contributed by atoms with Gasteiger partial charge in [0.05, 0.1) is 11.9 Å². The number of carbonyl (C=O) groups is 1. The molecule has 7 heteroatoms. The predicted molar refractivity (Wildman–Crippen MR) is 100 cm³/mol. The summed E-state index contributed by atoms with van der Waals surface area (Å²) in [5.41, 5.74) is 1.45. The van der Waals surface area contributed by atoms with Crippen LogP contribution in [0.2, 0.25) is 0 Å². The van der Waals surface area contributed by atoms with E-state index in [9.17, 15) is 9.18 Å². The van der Waals surface area contributed by atoms with Gasteiger partial charge in [-0.1, -0.05) is 18.2 Å². The molecule has 136 valence electrons. The predicted octanol–water partition coefficient (Wildman–Crippen LogP) is 2.46. The Balaban J connectivity index is 1.42. The average Bonchev–Trinajstić information content (AvgIpc) is 3.20. The van der Waals surface area contributed by atoms with Gasteiger partial charge in [0.1, 0.15) is 5.82 Å². The summed E-state index contributed by atoms with van der Waals surface area (Å²) >= 11 is 0. The number of amides is 1. The van der Waals surface area contributed by atoms with E-state index in [4.69, 9.17) is 0 Å². The van der Waals surface area contributed by atoms with E-state index in [1.807, 2.05) is 6.07 Å². The first-order chi connectivity index (χ1) is 12.7. The summed E-state index contributed by atoms with van der Waals surface area (Å²) in [6.45, 7) is 3.05. The molecule has 0 atom stereocenters. The topological polar surface area (TPSA) is 70.2 Å². The summed E-state index contributed by atoms with van der Waals surface area (Å²) in [5.74, 6) is 0.0622. The maximum atomic E-state index is 13.5. The summed E-state index contributed by atoms with van der Waals surface area (Å²) in [6, 6.07) is 8.28. The molecule has 0 spiro atoms. The van der Waals surface area contributed by atoms with Crippen LogP contribution >= 0.6 is 0 Å². The summed E-state index contributed by atoms with van der Waals surface area (Å²) in [6.07, 6.45) is 6.97. The van der Waals surface area contributed by atoms with Gasteiger partial charge in [0.2, 0.25) is 5.91 Å². The summed E-state index contributed by atoms with van der Waals surface area (Å²) in [4.78, 5) is 14.1. The molecule has 1 saturated heterocycles. The zero-order valence-electron chi connectivity index (χ0n) is 14.5. The lowest BCUT2D eigenvalue weighted by molar-refractivity contribution is -0.116. The van der Waals surface area contributed by atoms with Crippen LogP contribution in [0.25, 0.3) is 6.08 Å². The molecule has 1 aromatic carbocycles. The molecule has 2 N–H and O–H groups in total. The first kappa shape index (κ1) is 17.8. The number of nitrogens with one attached hydrogen (secondary N) is 2. The molecular weight excluding hydrogens is 333 g/mol. The highest BCUT2D eigenvalue weighted by Gasteiger charge is 2.13. The van der Waals surface area contributed by atoms with Crippen molar-refractivity contribution in [1.29, 1.82) is 0 Å². The number of benzene rings is 1. The van der Waals surface area contributed by atoms with Crippen molar-refractivity contribution < 1.29 is 9.18 Å². The Morgan fingerprint density at radius 3 is 2.85 bits per heavy atom. The lowest BCUT2D eigenvalue weighted by Gasteiger charge is -2.17. The van der Waals surface area contributed by atoms with E-state index < -0.39 is 0 Å². The lowest BCUT2D eigenvalue weighted by Crippen LogP contribution is -2.27. The van der Waals surface area contributed by atoms with Gasteiger partial charge in [-0.15, -0.1) is 5.10 Å². The first-order valence-corrected chi connectivity index (χ1v) is 8.74. The third kappa shape index (κ3) is 5.02. The van der Waals surface area contributed by atoms with Gasteiger partial charge in [0.15, 0.2) is 5.82 Å². The van der Waals surface area contributed by atoms with Gasteiger partial charge in [-0.3, -0.25) is 4.79 Å². The number of carbonyl (C=O) groups excluding carboxylic acids is 1. The van der Waals surface area contributed by atoms with E-state index in [2.05, 4.69) is 25.7 Å². The Morgan fingerprint density at radius 2 is 2.04 bits per heavy atom. The van der Waals surface area contributed by atoms with E-state index >= 15 is 0 Å². The molecular formula is C19H22FN5O. The lowest BCUT2D eigenvalue weighted by atomic mass is 10.2. The molecule has 1 aliphatic heterocycles. The largest absolute Gasteiger partial charge is 0.370 e. The minimum Gasteiger partial charge on any atom is -0.370 e.